The van der Waals surface area contributed by atoms with Crippen molar-refractivity contribution in [2.24, 2.45) is 11.7 Å². The van der Waals surface area contributed by atoms with Crippen molar-refractivity contribution in [2.45, 2.75) is 64.0 Å². The summed E-state index contributed by atoms with van der Waals surface area (Å²) in [5, 5.41) is 9.02. The van der Waals surface area contributed by atoms with Gasteiger partial charge in [-0.2, -0.15) is 0 Å². The molecule has 1 atom stereocenters. The van der Waals surface area contributed by atoms with Crippen molar-refractivity contribution in [1.82, 2.24) is 0 Å². The fraction of sp³-hybridized carbons (Fsp3) is 0.684. The first kappa shape index (κ1) is 18.5. The standard InChI is InChI=1S/C12H17NOS.C7H12O/c1-3-4-10-5-6-11(15-10)7-8-12(2,13)9-14;1-3-7-4-2-6(1)5-8-7/h5-6,14H,7-9,13H2,1-2H3;6-7H,1-5H2. The van der Waals surface area contributed by atoms with Crippen LogP contribution < -0.4 is 5.73 Å². The van der Waals surface area contributed by atoms with Gasteiger partial charge in [-0.1, -0.05) is 5.92 Å². The third-order valence-electron chi connectivity index (χ3n) is 4.57. The summed E-state index contributed by atoms with van der Waals surface area (Å²) in [6, 6.07) is 4.11. The minimum absolute atomic E-state index is 0.0278. The maximum atomic E-state index is 9.02. The lowest BCUT2D eigenvalue weighted by atomic mass is 9.85. The minimum Gasteiger partial charge on any atom is -0.394 e. The molecule has 3 heterocycles. The first-order chi connectivity index (χ1) is 11.0. The first-order valence-electron chi connectivity index (χ1n) is 8.55. The molecule has 0 radical (unpaired) electrons. The van der Waals surface area contributed by atoms with E-state index in [2.05, 4.69) is 17.9 Å². The first-order valence-corrected chi connectivity index (χ1v) is 9.37. The largest absolute Gasteiger partial charge is 0.394 e. The predicted octanol–water partition coefficient (Wildman–Crippen LogP) is 3.34. The van der Waals surface area contributed by atoms with Gasteiger partial charge in [0.2, 0.25) is 0 Å². The van der Waals surface area contributed by atoms with E-state index in [1.807, 2.05) is 19.9 Å². The van der Waals surface area contributed by atoms with E-state index in [1.165, 1.54) is 30.6 Å². The molecule has 1 saturated carbocycles. The van der Waals surface area contributed by atoms with Crippen LogP contribution in [0.2, 0.25) is 0 Å². The monoisotopic (exact) mass is 335 g/mol. The number of hydrogen-bond acceptors (Lipinski definition) is 4. The van der Waals surface area contributed by atoms with E-state index < -0.39 is 5.54 Å². The van der Waals surface area contributed by atoms with Crippen molar-refractivity contribution in [2.75, 3.05) is 13.2 Å². The fourth-order valence-corrected chi connectivity index (χ4v) is 3.84. The number of fused-ring (bicyclic) bond motifs is 3. The molecular formula is C19H29NO2S. The van der Waals surface area contributed by atoms with Gasteiger partial charge in [-0.05, 0) is 70.4 Å². The second-order valence-electron chi connectivity index (χ2n) is 6.93. The van der Waals surface area contributed by atoms with Crippen LogP contribution >= 0.6 is 11.3 Å². The highest BCUT2D eigenvalue weighted by molar-refractivity contribution is 7.12. The van der Waals surface area contributed by atoms with Gasteiger partial charge >= 0.3 is 0 Å². The molecule has 3 nitrogen and oxygen atoms in total. The zero-order chi connectivity index (χ0) is 16.7. The smallest absolute Gasteiger partial charge is 0.0771 e. The Kier molecular flexibility index (Phi) is 7.10. The quantitative estimate of drug-likeness (QED) is 0.830. The third-order valence-corrected chi connectivity index (χ3v) is 5.64. The molecule has 2 aliphatic heterocycles. The summed E-state index contributed by atoms with van der Waals surface area (Å²) in [6.45, 7) is 4.79. The Morgan fingerprint density at radius 1 is 1.35 bits per heavy atom. The predicted molar refractivity (Wildman–Crippen MR) is 96.6 cm³/mol. The maximum absolute atomic E-state index is 9.02. The van der Waals surface area contributed by atoms with Gasteiger partial charge < -0.3 is 15.6 Å². The molecule has 4 rings (SSSR count). The van der Waals surface area contributed by atoms with Crippen molar-refractivity contribution in [3.63, 3.8) is 0 Å². The van der Waals surface area contributed by atoms with Crippen LogP contribution in [0.25, 0.3) is 0 Å². The van der Waals surface area contributed by atoms with Gasteiger partial charge in [0, 0.05) is 17.0 Å². The topological polar surface area (TPSA) is 55.5 Å². The molecule has 23 heavy (non-hydrogen) atoms. The lowest BCUT2D eigenvalue weighted by Crippen LogP contribution is -2.40. The summed E-state index contributed by atoms with van der Waals surface area (Å²) in [4.78, 5) is 2.37. The highest BCUT2D eigenvalue weighted by Gasteiger charge is 2.27. The number of ether oxygens (including phenoxy) is 1. The van der Waals surface area contributed by atoms with Crippen LogP contribution in [0.3, 0.4) is 0 Å². The van der Waals surface area contributed by atoms with Crippen LogP contribution in [0, 0.1) is 17.8 Å². The lowest BCUT2D eigenvalue weighted by molar-refractivity contribution is -0.0615. The molecule has 0 aromatic carbocycles. The Morgan fingerprint density at radius 2 is 2.09 bits per heavy atom. The van der Waals surface area contributed by atoms with E-state index in [1.54, 1.807) is 11.3 Å². The van der Waals surface area contributed by atoms with Gasteiger partial charge in [0.1, 0.15) is 0 Å². The van der Waals surface area contributed by atoms with Gasteiger partial charge in [0.15, 0.2) is 0 Å². The highest BCUT2D eigenvalue weighted by Crippen LogP contribution is 2.32. The summed E-state index contributed by atoms with van der Waals surface area (Å²) < 4.78 is 5.48. The third kappa shape index (κ3) is 6.27. The molecule has 4 heteroatoms. The lowest BCUT2D eigenvalue weighted by Gasteiger charge is -2.35. The van der Waals surface area contributed by atoms with Crippen LogP contribution in [0.4, 0.5) is 0 Å². The number of thiophene rings is 1. The SMILES string of the molecule is C1CC2CCC1CO2.CC#Cc1ccc(CCC(C)(N)CO)s1. The van der Waals surface area contributed by atoms with E-state index in [0.717, 1.165) is 30.2 Å². The van der Waals surface area contributed by atoms with Crippen molar-refractivity contribution in [3.05, 3.63) is 21.9 Å². The maximum Gasteiger partial charge on any atom is 0.0771 e. The Bertz CT molecular complexity index is 510. The zero-order valence-electron chi connectivity index (χ0n) is 14.3. The van der Waals surface area contributed by atoms with E-state index in [-0.39, 0.29) is 6.61 Å². The Labute approximate surface area is 144 Å². The molecule has 3 aliphatic rings. The molecule has 2 saturated heterocycles. The molecular weight excluding hydrogens is 306 g/mol. The average Bonchev–Trinajstić information content (AvgIpc) is 3.04. The van der Waals surface area contributed by atoms with Gasteiger partial charge in [0.25, 0.3) is 0 Å². The van der Waals surface area contributed by atoms with Crippen LogP contribution in [0.15, 0.2) is 12.1 Å². The molecule has 2 bridgehead atoms. The zero-order valence-corrected chi connectivity index (χ0v) is 15.1. The number of aliphatic hydroxyl groups excluding tert-OH is 1. The molecule has 3 fully saturated rings. The minimum atomic E-state index is -0.472. The van der Waals surface area contributed by atoms with E-state index >= 15 is 0 Å². The Morgan fingerprint density at radius 3 is 2.52 bits per heavy atom. The second kappa shape index (κ2) is 8.84. The molecule has 0 spiro atoms. The van der Waals surface area contributed by atoms with Crippen molar-refractivity contribution < 1.29 is 9.84 Å². The molecule has 128 valence electrons. The van der Waals surface area contributed by atoms with Gasteiger partial charge in [-0.25, -0.2) is 0 Å². The summed E-state index contributed by atoms with van der Waals surface area (Å²) in [6.07, 6.45) is 7.90. The number of hydrogen-bond donors (Lipinski definition) is 2. The van der Waals surface area contributed by atoms with Crippen molar-refractivity contribution >= 4 is 11.3 Å². The van der Waals surface area contributed by atoms with Gasteiger partial charge in [-0.15, -0.1) is 17.3 Å². The molecule has 1 aliphatic carbocycles. The Hall–Kier alpha value is -0.860. The van der Waals surface area contributed by atoms with E-state index in [4.69, 9.17) is 15.6 Å². The van der Waals surface area contributed by atoms with Crippen molar-refractivity contribution in [3.8, 4) is 11.8 Å². The van der Waals surface area contributed by atoms with Gasteiger partial charge in [-0.3, -0.25) is 0 Å². The molecule has 1 aromatic rings. The van der Waals surface area contributed by atoms with Crippen LogP contribution in [0.5, 0.6) is 0 Å². The number of rotatable bonds is 4. The second-order valence-corrected chi connectivity index (χ2v) is 8.10. The van der Waals surface area contributed by atoms with Crippen molar-refractivity contribution in [1.29, 1.82) is 0 Å². The van der Waals surface area contributed by atoms with Crippen LogP contribution in [0.1, 0.15) is 55.7 Å². The normalized spacial score (nSPS) is 24.9. The highest BCUT2D eigenvalue weighted by atomic mass is 32.1. The summed E-state index contributed by atoms with van der Waals surface area (Å²) in [5.74, 6) is 6.83. The summed E-state index contributed by atoms with van der Waals surface area (Å²) >= 11 is 1.70. The number of nitrogens with two attached hydrogens (primary N) is 1. The molecule has 1 aromatic heterocycles. The summed E-state index contributed by atoms with van der Waals surface area (Å²) in [5.41, 5.74) is 5.38. The molecule has 3 N–H and O–H groups in total. The fourth-order valence-electron chi connectivity index (χ4n) is 2.93. The van der Waals surface area contributed by atoms with Gasteiger partial charge in [0.05, 0.1) is 17.6 Å². The number of aliphatic hydroxyl groups is 1. The molecule has 1 unspecified atom stereocenters. The number of aryl methyl sites for hydroxylation is 1. The Balaban J connectivity index is 0.000000198. The average molecular weight is 336 g/mol. The van der Waals surface area contributed by atoms with E-state index in [0.29, 0.717) is 6.10 Å². The summed E-state index contributed by atoms with van der Waals surface area (Å²) in [7, 11) is 0. The van der Waals surface area contributed by atoms with Crippen LogP contribution in [-0.4, -0.2) is 30.0 Å². The van der Waals surface area contributed by atoms with E-state index in [9.17, 15) is 0 Å². The van der Waals surface area contributed by atoms with Crippen LogP contribution in [-0.2, 0) is 11.2 Å². The molecule has 0 amide bonds.